The SMILES string of the molecule is ClC[SiH](CCl)[SiH](CCl)CCl. The van der Waals surface area contributed by atoms with Crippen LogP contribution in [-0.2, 0) is 0 Å². The fourth-order valence-corrected chi connectivity index (χ4v) is 15.8. The van der Waals surface area contributed by atoms with Gasteiger partial charge < -0.3 is 0 Å². The Labute approximate surface area is 84.8 Å². The molecule has 0 heterocycles. The van der Waals surface area contributed by atoms with Crippen molar-refractivity contribution < 1.29 is 0 Å². The minimum atomic E-state index is -0.901. The number of hydrogen-bond acceptors (Lipinski definition) is 0. The Morgan fingerprint density at radius 3 is 0.900 bits per heavy atom. The molecule has 0 rings (SSSR count). The molecule has 0 unspecified atom stereocenters. The highest BCUT2D eigenvalue weighted by atomic mass is 35.5. The van der Waals surface area contributed by atoms with Crippen LogP contribution in [0.3, 0.4) is 0 Å². The predicted octanol–water partition coefficient (Wildman–Crippen LogP) is 1.63. The molecule has 0 aromatic carbocycles. The van der Waals surface area contributed by atoms with Gasteiger partial charge in [0.15, 0.2) is 0 Å². The fraction of sp³-hybridized carbons (Fsp3) is 1.00. The van der Waals surface area contributed by atoms with Gasteiger partial charge in [-0.25, -0.2) is 0 Å². The van der Waals surface area contributed by atoms with Gasteiger partial charge >= 0.3 is 0 Å². The molecular formula is C4H10Cl4Si2. The summed E-state index contributed by atoms with van der Waals surface area (Å²) in [4.78, 5) is 0. The van der Waals surface area contributed by atoms with Crippen molar-refractivity contribution in [3.8, 4) is 0 Å². The van der Waals surface area contributed by atoms with E-state index in [0.717, 1.165) is 22.0 Å². The third-order valence-electron chi connectivity index (χ3n) is 1.46. The maximum Gasteiger partial charge on any atom is 0.0651 e. The first-order valence-electron chi connectivity index (χ1n) is 3.04. The van der Waals surface area contributed by atoms with Crippen molar-refractivity contribution in [2.24, 2.45) is 0 Å². The second-order valence-corrected chi connectivity index (χ2v) is 15.8. The van der Waals surface area contributed by atoms with E-state index in [-0.39, 0.29) is 0 Å². The van der Waals surface area contributed by atoms with Crippen molar-refractivity contribution in [2.45, 2.75) is 0 Å². The second kappa shape index (κ2) is 7.25. The summed E-state index contributed by atoms with van der Waals surface area (Å²) in [5.41, 5.74) is 2.94. The van der Waals surface area contributed by atoms with E-state index in [0.29, 0.717) is 0 Å². The molecule has 0 aliphatic carbocycles. The number of alkyl halides is 4. The van der Waals surface area contributed by atoms with Crippen LogP contribution in [0.25, 0.3) is 0 Å². The number of hydrogen-bond donors (Lipinski definition) is 0. The zero-order valence-electron chi connectivity index (χ0n) is 5.49. The molecule has 10 heavy (non-hydrogen) atoms. The maximum absolute atomic E-state index is 5.71. The summed E-state index contributed by atoms with van der Waals surface area (Å²) in [7, 11) is -1.80. The summed E-state index contributed by atoms with van der Waals surface area (Å²) in [6.45, 7) is 0. The average Bonchev–Trinajstić information content (AvgIpc) is 2.00. The first-order valence-corrected chi connectivity index (χ1v) is 11.1. The van der Waals surface area contributed by atoms with E-state index in [1.807, 2.05) is 0 Å². The van der Waals surface area contributed by atoms with Crippen LogP contribution >= 0.6 is 46.4 Å². The summed E-state index contributed by atoms with van der Waals surface area (Å²) >= 11 is 22.9. The molecule has 0 aliphatic heterocycles. The van der Waals surface area contributed by atoms with Gasteiger partial charge in [-0.3, -0.25) is 0 Å². The molecule has 0 spiro atoms. The Morgan fingerprint density at radius 2 is 0.800 bits per heavy atom. The molecule has 0 saturated carbocycles. The molecular weight excluding hydrogens is 246 g/mol. The van der Waals surface area contributed by atoms with Gasteiger partial charge in [-0.15, -0.1) is 46.4 Å². The topological polar surface area (TPSA) is 0 Å². The second-order valence-electron chi connectivity index (χ2n) is 2.14. The highest BCUT2D eigenvalue weighted by Gasteiger charge is 2.21. The summed E-state index contributed by atoms with van der Waals surface area (Å²) in [5.74, 6) is 0. The van der Waals surface area contributed by atoms with Crippen LogP contribution in [0.15, 0.2) is 0 Å². The molecule has 0 aromatic rings. The zero-order chi connectivity index (χ0) is 7.98. The predicted molar refractivity (Wildman–Crippen MR) is 57.2 cm³/mol. The standard InChI is InChI=1S/C4H10Cl4Si2/c5-1-9(2-6)10(3-7)4-8/h9-10H,1-4H2. The minimum Gasteiger partial charge on any atom is -0.131 e. The van der Waals surface area contributed by atoms with Gasteiger partial charge in [-0.1, -0.05) is 0 Å². The first-order chi connectivity index (χ1) is 4.79. The Kier molecular flexibility index (Phi) is 8.41. The highest BCUT2D eigenvalue weighted by Crippen LogP contribution is 2.01. The molecule has 0 aliphatic rings. The van der Waals surface area contributed by atoms with E-state index < -0.39 is 16.6 Å². The van der Waals surface area contributed by atoms with E-state index in [1.54, 1.807) is 0 Å². The lowest BCUT2D eigenvalue weighted by Crippen LogP contribution is -2.43. The van der Waals surface area contributed by atoms with Gasteiger partial charge in [-0.2, -0.15) is 0 Å². The molecule has 0 N–H and O–H groups in total. The molecule has 0 bridgehead atoms. The summed E-state index contributed by atoms with van der Waals surface area (Å²) in [5, 5.41) is 0. The van der Waals surface area contributed by atoms with Crippen molar-refractivity contribution >= 4 is 63.0 Å². The van der Waals surface area contributed by atoms with E-state index in [9.17, 15) is 0 Å². The highest BCUT2D eigenvalue weighted by molar-refractivity contribution is 7.28. The fourth-order valence-electron chi connectivity index (χ4n) is 0.586. The monoisotopic (exact) mass is 254 g/mol. The lowest BCUT2D eigenvalue weighted by atomic mass is 11.8. The Balaban J connectivity index is 3.70. The van der Waals surface area contributed by atoms with Gasteiger partial charge in [-0.05, 0) is 0 Å². The minimum absolute atomic E-state index is 0.736. The van der Waals surface area contributed by atoms with Crippen molar-refractivity contribution in [1.29, 1.82) is 0 Å². The van der Waals surface area contributed by atoms with E-state index in [1.165, 1.54) is 0 Å². The molecule has 0 aromatic heterocycles. The lowest BCUT2D eigenvalue weighted by molar-refractivity contribution is 1.82. The van der Waals surface area contributed by atoms with Crippen molar-refractivity contribution in [2.75, 3.05) is 22.0 Å². The van der Waals surface area contributed by atoms with Crippen molar-refractivity contribution in [3.05, 3.63) is 0 Å². The van der Waals surface area contributed by atoms with E-state index in [4.69, 9.17) is 46.4 Å². The third kappa shape index (κ3) is 3.83. The van der Waals surface area contributed by atoms with Gasteiger partial charge in [0.1, 0.15) is 0 Å². The van der Waals surface area contributed by atoms with Crippen LogP contribution in [0.4, 0.5) is 0 Å². The first kappa shape index (κ1) is 11.6. The molecule has 6 heteroatoms. The molecule has 0 atom stereocenters. The summed E-state index contributed by atoms with van der Waals surface area (Å²) < 4.78 is 0. The van der Waals surface area contributed by atoms with Crippen molar-refractivity contribution in [1.82, 2.24) is 0 Å². The Hall–Kier alpha value is 1.59. The average molecular weight is 256 g/mol. The maximum atomic E-state index is 5.71. The Morgan fingerprint density at radius 1 is 0.600 bits per heavy atom. The summed E-state index contributed by atoms with van der Waals surface area (Å²) in [6, 6.07) is 0. The smallest absolute Gasteiger partial charge is 0.0651 e. The molecule has 62 valence electrons. The zero-order valence-corrected chi connectivity index (χ0v) is 10.8. The summed E-state index contributed by atoms with van der Waals surface area (Å²) in [6.07, 6.45) is 0. The van der Waals surface area contributed by atoms with Crippen LogP contribution in [0.2, 0.25) is 0 Å². The van der Waals surface area contributed by atoms with Gasteiger partial charge in [0.05, 0.1) is 16.6 Å². The molecule has 0 saturated heterocycles. The van der Waals surface area contributed by atoms with Crippen LogP contribution in [0.5, 0.6) is 0 Å². The number of halogens is 4. The van der Waals surface area contributed by atoms with E-state index in [2.05, 4.69) is 0 Å². The van der Waals surface area contributed by atoms with Crippen LogP contribution in [-0.4, -0.2) is 38.6 Å². The quantitative estimate of drug-likeness (QED) is 0.518. The number of rotatable bonds is 5. The van der Waals surface area contributed by atoms with Crippen LogP contribution < -0.4 is 0 Å². The van der Waals surface area contributed by atoms with Crippen molar-refractivity contribution in [3.63, 3.8) is 0 Å². The normalized spacial score (nSPS) is 11.4. The Bertz CT molecular complexity index is 63.7. The van der Waals surface area contributed by atoms with Gasteiger partial charge in [0, 0.05) is 22.0 Å². The van der Waals surface area contributed by atoms with Crippen LogP contribution in [0, 0.1) is 0 Å². The third-order valence-corrected chi connectivity index (χ3v) is 19.5. The molecule has 0 fully saturated rings. The van der Waals surface area contributed by atoms with Gasteiger partial charge in [0.25, 0.3) is 0 Å². The van der Waals surface area contributed by atoms with Gasteiger partial charge in [0.2, 0.25) is 0 Å². The molecule has 0 nitrogen and oxygen atoms in total. The lowest BCUT2D eigenvalue weighted by Gasteiger charge is -2.14. The molecule has 0 amide bonds. The van der Waals surface area contributed by atoms with Crippen LogP contribution in [0.1, 0.15) is 0 Å². The molecule has 0 radical (unpaired) electrons. The largest absolute Gasteiger partial charge is 0.131 e. The van der Waals surface area contributed by atoms with E-state index >= 15 is 0 Å².